The average molecular weight is 209 g/mol. The largest absolute Gasteiger partial charge is 0.340 e. The summed E-state index contributed by atoms with van der Waals surface area (Å²) in [5.74, 6) is 2.73. The van der Waals surface area contributed by atoms with Crippen LogP contribution in [0.15, 0.2) is 0 Å². The maximum Gasteiger partial charge on any atom is 0.226 e. The molecular weight excluding hydrogens is 186 g/mol. The highest BCUT2D eigenvalue weighted by Crippen LogP contribution is 2.45. The van der Waals surface area contributed by atoms with Gasteiger partial charge < -0.3 is 4.90 Å². The third-order valence-corrected chi connectivity index (χ3v) is 4.44. The molecule has 0 N–H and O–H groups in total. The molecule has 2 aliphatic rings. The molecule has 0 radical (unpaired) electrons. The van der Waals surface area contributed by atoms with Gasteiger partial charge in [0.1, 0.15) is 0 Å². The van der Waals surface area contributed by atoms with Gasteiger partial charge in [0.15, 0.2) is 0 Å². The maximum absolute atomic E-state index is 12.3. The lowest BCUT2D eigenvalue weighted by Crippen LogP contribution is -2.51. The molecule has 2 nitrogen and oxygen atoms in total. The first-order valence-electron chi connectivity index (χ1n) is 6.32. The lowest BCUT2D eigenvalue weighted by atomic mass is 9.77. The van der Waals surface area contributed by atoms with E-state index in [9.17, 15) is 4.79 Å². The summed E-state index contributed by atoms with van der Waals surface area (Å²) in [6.07, 6.45) is 2.52. The number of piperidine rings is 1. The van der Waals surface area contributed by atoms with Gasteiger partial charge in [0.25, 0.3) is 0 Å². The van der Waals surface area contributed by atoms with Crippen LogP contribution in [-0.2, 0) is 4.79 Å². The van der Waals surface area contributed by atoms with Gasteiger partial charge in [-0.15, -0.1) is 0 Å². The second-order valence-electron chi connectivity index (χ2n) is 5.81. The molecule has 15 heavy (non-hydrogen) atoms. The van der Waals surface area contributed by atoms with Crippen molar-refractivity contribution >= 4 is 5.91 Å². The molecule has 2 rings (SSSR count). The van der Waals surface area contributed by atoms with Crippen molar-refractivity contribution in [2.24, 2.45) is 23.7 Å². The van der Waals surface area contributed by atoms with Crippen molar-refractivity contribution in [2.45, 2.75) is 46.6 Å². The molecule has 0 unspecified atom stereocenters. The molecule has 1 heterocycles. The van der Waals surface area contributed by atoms with Crippen LogP contribution in [0.5, 0.6) is 0 Å². The topological polar surface area (TPSA) is 20.3 Å². The lowest BCUT2D eigenvalue weighted by molar-refractivity contribution is -0.146. The van der Waals surface area contributed by atoms with Gasteiger partial charge in [-0.05, 0) is 44.4 Å². The molecule has 0 bridgehead atoms. The standard InChI is InChI=1S/C13H23NO/c1-8(2)14-7-10(4)11-6-5-9(3)12(11)13(14)15/h8-12H,5-7H2,1-4H3/t9-,10+,11+,12+/m0/s1. The van der Waals surface area contributed by atoms with Crippen LogP contribution < -0.4 is 0 Å². The van der Waals surface area contributed by atoms with Gasteiger partial charge in [-0.3, -0.25) is 4.79 Å². The summed E-state index contributed by atoms with van der Waals surface area (Å²) < 4.78 is 0. The molecule has 1 aliphatic heterocycles. The van der Waals surface area contributed by atoms with Gasteiger partial charge in [0.2, 0.25) is 5.91 Å². The molecule has 2 fully saturated rings. The quantitative estimate of drug-likeness (QED) is 0.650. The number of rotatable bonds is 1. The molecule has 0 aromatic carbocycles. The third-order valence-electron chi connectivity index (χ3n) is 4.44. The molecule has 0 aromatic heterocycles. The van der Waals surface area contributed by atoms with Crippen LogP contribution in [0.4, 0.5) is 0 Å². The number of carbonyl (C=O) groups is 1. The summed E-state index contributed by atoms with van der Waals surface area (Å²) >= 11 is 0. The van der Waals surface area contributed by atoms with Crippen LogP contribution in [-0.4, -0.2) is 23.4 Å². The van der Waals surface area contributed by atoms with Crippen molar-refractivity contribution in [3.8, 4) is 0 Å². The first-order chi connectivity index (χ1) is 7.02. The SMILES string of the molecule is CC(C)N1C[C@@H](C)[C@H]2CC[C@H](C)[C@H]2C1=O. The minimum absolute atomic E-state index is 0.330. The number of fused-ring (bicyclic) bond motifs is 1. The Labute approximate surface area is 93.0 Å². The summed E-state index contributed by atoms with van der Waals surface area (Å²) in [5.41, 5.74) is 0. The first kappa shape index (κ1) is 11.0. The predicted octanol–water partition coefficient (Wildman–Crippen LogP) is 2.54. The van der Waals surface area contributed by atoms with E-state index < -0.39 is 0 Å². The normalized spacial score (nSPS) is 41.1. The minimum atomic E-state index is 0.330. The van der Waals surface area contributed by atoms with Crippen molar-refractivity contribution in [1.82, 2.24) is 4.90 Å². The fraction of sp³-hybridized carbons (Fsp3) is 0.923. The molecule has 2 heteroatoms. The number of carbonyl (C=O) groups excluding carboxylic acids is 1. The Morgan fingerprint density at radius 3 is 2.47 bits per heavy atom. The van der Waals surface area contributed by atoms with E-state index in [4.69, 9.17) is 0 Å². The van der Waals surface area contributed by atoms with Crippen molar-refractivity contribution in [1.29, 1.82) is 0 Å². The van der Waals surface area contributed by atoms with Crippen LogP contribution in [0.3, 0.4) is 0 Å². The Hall–Kier alpha value is -0.530. The van der Waals surface area contributed by atoms with Crippen LogP contribution in [0.25, 0.3) is 0 Å². The Morgan fingerprint density at radius 2 is 1.87 bits per heavy atom. The molecule has 1 amide bonds. The fourth-order valence-corrected chi connectivity index (χ4v) is 3.49. The molecule has 0 spiro atoms. The first-order valence-corrected chi connectivity index (χ1v) is 6.32. The Kier molecular flexibility index (Phi) is 2.78. The maximum atomic E-state index is 12.3. The average Bonchev–Trinajstić information content (AvgIpc) is 2.54. The van der Waals surface area contributed by atoms with E-state index >= 15 is 0 Å². The summed E-state index contributed by atoms with van der Waals surface area (Å²) in [7, 11) is 0. The van der Waals surface area contributed by atoms with E-state index in [1.54, 1.807) is 0 Å². The third kappa shape index (κ3) is 1.68. The second-order valence-corrected chi connectivity index (χ2v) is 5.81. The Bertz CT molecular complexity index is 261. The zero-order valence-electron chi connectivity index (χ0n) is 10.4. The molecule has 0 aromatic rings. The Morgan fingerprint density at radius 1 is 1.20 bits per heavy atom. The van der Waals surface area contributed by atoms with E-state index in [-0.39, 0.29) is 0 Å². The summed E-state index contributed by atoms with van der Waals surface area (Å²) in [6, 6.07) is 0.369. The Balaban J connectivity index is 2.21. The summed E-state index contributed by atoms with van der Waals surface area (Å²) in [4.78, 5) is 14.4. The van der Waals surface area contributed by atoms with Crippen molar-refractivity contribution in [3.05, 3.63) is 0 Å². The number of amides is 1. The van der Waals surface area contributed by atoms with E-state index in [1.165, 1.54) is 12.8 Å². The molecule has 86 valence electrons. The highest BCUT2D eigenvalue weighted by molar-refractivity contribution is 5.81. The van der Waals surface area contributed by atoms with Gasteiger partial charge in [-0.25, -0.2) is 0 Å². The zero-order valence-corrected chi connectivity index (χ0v) is 10.4. The van der Waals surface area contributed by atoms with Crippen LogP contribution in [0.1, 0.15) is 40.5 Å². The van der Waals surface area contributed by atoms with Crippen molar-refractivity contribution < 1.29 is 4.79 Å². The van der Waals surface area contributed by atoms with E-state index in [0.717, 1.165) is 6.54 Å². The zero-order chi connectivity index (χ0) is 11.2. The van der Waals surface area contributed by atoms with Crippen molar-refractivity contribution in [2.75, 3.05) is 6.54 Å². The molecular formula is C13H23NO. The van der Waals surface area contributed by atoms with Gasteiger partial charge >= 0.3 is 0 Å². The van der Waals surface area contributed by atoms with Gasteiger partial charge in [-0.1, -0.05) is 13.8 Å². The molecule has 1 saturated heterocycles. The fourth-order valence-electron chi connectivity index (χ4n) is 3.49. The summed E-state index contributed by atoms with van der Waals surface area (Å²) in [5, 5.41) is 0. The smallest absolute Gasteiger partial charge is 0.226 e. The van der Waals surface area contributed by atoms with E-state index in [1.807, 2.05) is 0 Å². The number of likely N-dealkylation sites (tertiary alicyclic amines) is 1. The monoisotopic (exact) mass is 209 g/mol. The molecule has 1 aliphatic carbocycles. The van der Waals surface area contributed by atoms with Crippen LogP contribution >= 0.6 is 0 Å². The summed E-state index contributed by atoms with van der Waals surface area (Å²) in [6.45, 7) is 9.80. The number of nitrogens with zero attached hydrogens (tertiary/aromatic N) is 1. The number of hydrogen-bond donors (Lipinski definition) is 0. The van der Waals surface area contributed by atoms with Crippen LogP contribution in [0, 0.1) is 23.7 Å². The van der Waals surface area contributed by atoms with Crippen molar-refractivity contribution in [3.63, 3.8) is 0 Å². The molecule has 1 saturated carbocycles. The lowest BCUT2D eigenvalue weighted by Gasteiger charge is -2.42. The van der Waals surface area contributed by atoms with Gasteiger partial charge in [0.05, 0.1) is 0 Å². The second kappa shape index (κ2) is 3.80. The highest BCUT2D eigenvalue weighted by Gasteiger charge is 2.47. The minimum Gasteiger partial charge on any atom is -0.340 e. The van der Waals surface area contributed by atoms with Gasteiger partial charge in [-0.2, -0.15) is 0 Å². The van der Waals surface area contributed by atoms with Gasteiger partial charge in [0, 0.05) is 18.5 Å². The van der Waals surface area contributed by atoms with E-state index in [2.05, 4.69) is 32.6 Å². The van der Waals surface area contributed by atoms with Crippen LogP contribution in [0.2, 0.25) is 0 Å². The number of hydrogen-bond acceptors (Lipinski definition) is 1. The highest BCUT2D eigenvalue weighted by atomic mass is 16.2. The van der Waals surface area contributed by atoms with E-state index in [0.29, 0.717) is 35.6 Å². The molecule has 4 atom stereocenters. The predicted molar refractivity (Wildman–Crippen MR) is 61.4 cm³/mol.